The van der Waals surface area contributed by atoms with Crippen molar-refractivity contribution >= 4 is 35.0 Å². The molecule has 5 heteroatoms. The van der Waals surface area contributed by atoms with Gasteiger partial charge in [-0.05, 0) is 5.41 Å². The molecule has 2 unspecified atom stereocenters. The molecule has 1 rings (SSSR count). The van der Waals surface area contributed by atoms with E-state index in [9.17, 15) is 9.59 Å². The zero-order chi connectivity index (χ0) is 10.4. The molecule has 1 aliphatic carbocycles. The van der Waals surface area contributed by atoms with Crippen molar-refractivity contribution in [2.45, 2.75) is 18.7 Å². The lowest BCUT2D eigenvalue weighted by Crippen LogP contribution is -2.14. The van der Waals surface area contributed by atoms with Gasteiger partial charge in [0.25, 0.3) is 0 Å². The first-order chi connectivity index (χ1) is 5.80. The van der Waals surface area contributed by atoms with Crippen molar-refractivity contribution in [3.05, 3.63) is 0 Å². The largest absolute Gasteiger partial charge is 0.481 e. The van der Waals surface area contributed by atoms with Gasteiger partial charge in [-0.3, -0.25) is 9.59 Å². The zero-order valence-corrected chi connectivity index (χ0v) is 8.76. The zero-order valence-electron chi connectivity index (χ0n) is 7.25. The van der Waals surface area contributed by atoms with E-state index in [1.54, 1.807) is 13.8 Å². The van der Waals surface area contributed by atoms with Gasteiger partial charge < -0.3 is 5.11 Å². The Morgan fingerprint density at radius 1 is 1.31 bits per heavy atom. The van der Waals surface area contributed by atoms with Gasteiger partial charge >= 0.3 is 5.97 Å². The molecule has 0 bridgehead atoms. The first-order valence-electron chi connectivity index (χ1n) is 3.84. The van der Waals surface area contributed by atoms with Crippen LogP contribution in [0.2, 0.25) is 0 Å². The van der Waals surface area contributed by atoms with E-state index in [4.69, 9.17) is 28.3 Å². The van der Waals surface area contributed by atoms with Gasteiger partial charge in [-0.1, -0.05) is 37.0 Å². The Morgan fingerprint density at radius 3 is 2.00 bits per heavy atom. The van der Waals surface area contributed by atoms with E-state index in [1.807, 2.05) is 0 Å². The lowest BCUT2D eigenvalue weighted by Gasteiger charge is -2.00. The number of hydrogen-bond acceptors (Lipinski definition) is 2. The Balaban J connectivity index is 2.76. The molecule has 0 aliphatic heterocycles. The summed E-state index contributed by atoms with van der Waals surface area (Å²) in [5.74, 6) is -2.52. The van der Waals surface area contributed by atoms with Crippen LogP contribution < -0.4 is 0 Å². The minimum atomic E-state index is -1.12. The summed E-state index contributed by atoms with van der Waals surface area (Å²) in [5.41, 5.74) is -0.509. The van der Waals surface area contributed by atoms with Crippen molar-refractivity contribution < 1.29 is 14.7 Å². The molecule has 1 aliphatic rings. The minimum Gasteiger partial charge on any atom is -0.481 e. The molecule has 74 valence electrons. The summed E-state index contributed by atoms with van der Waals surface area (Å²) >= 11 is 10.8. The van der Waals surface area contributed by atoms with E-state index >= 15 is 0 Å². The molecular formula is C8H10Cl2O3. The predicted molar refractivity (Wildman–Crippen MR) is 48.9 cm³/mol. The van der Waals surface area contributed by atoms with Gasteiger partial charge in [-0.25, -0.2) is 0 Å². The van der Waals surface area contributed by atoms with E-state index in [0.717, 1.165) is 0 Å². The molecule has 0 heterocycles. The Kier molecular flexibility index (Phi) is 2.61. The van der Waals surface area contributed by atoms with Gasteiger partial charge in [0, 0.05) is 5.92 Å². The number of alkyl halides is 2. The summed E-state index contributed by atoms with van der Waals surface area (Å²) in [4.78, 5) is 20.9. The van der Waals surface area contributed by atoms with Crippen molar-refractivity contribution in [3.63, 3.8) is 0 Å². The van der Waals surface area contributed by atoms with Crippen LogP contribution in [0.4, 0.5) is 0 Å². The number of hydrogen-bond donors (Lipinski definition) is 1. The molecule has 2 atom stereocenters. The smallest absolute Gasteiger partial charge is 0.307 e. The average molecular weight is 225 g/mol. The number of rotatable bonds is 3. The summed E-state index contributed by atoms with van der Waals surface area (Å²) in [5, 5.41) is 8.75. The molecule has 0 saturated heterocycles. The maximum absolute atomic E-state index is 11.3. The van der Waals surface area contributed by atoms with Crippen LogP contribution in [0.1, 0.15) is 13.8 Å². The molecule has 1 saturated carbocycles. The minimum absolute atomic E-state index is 0.388. The van der Waals surface area contributed by atoms with E-state index in [2.05, 4.69) is 0 Å². The third-order valence-corrected chi connectivity index (χ3v) is 3.05. The maximum atomic E-state index is 11.3. The molecule has 13 heavy (non-hydrogen) atoms. The van der Waals surface area contributed by atoms with Gasteiger partial charge in [0.1, 0.15) is 0 Å². The topological polar surface area (TPSA) is 54.4 Å². The molecule has 0 aromatic rings. The van der Waals surface area contributed by atoms with Crippen LogP contribution >= 0.6 is 23.2 Å². The van der Waals surface area contributed by atoms with Gasteiger partial charge in [0.2, 0.25) is 0 Å². The number of carboxylic acid groups (broad SMARTS) is 1. The first kappa shape index (κ1) is 10.8. The quantitative estimate of drug-likeness (QED) is 0.744. The molecule has 0 aromatic heterocycles. The van der Waals surface area contributed by atoms with Crippen molar-refractivity contribution in [3.8, 4) is 0 Å². The normalized spacial score (nSPS) is 30.2. The molecule has 3 nitrogen and oxygen atoms in total. The van der Waals surface area contributed by atoms with Crippen LogP contribution in [0, 0.1) is 17.3 Å². The van der Waals surface area contributed by atoms with Crippen molar-refractivity contribution in [1.29, 1.82) is 0 Å². The summed E-state index contributed by atoms with van der Waals surface area (Å²) in [6, 6.07) is 0. The summed E-state index contributed by atoms with van der Waals surface area (Å²) in [7, 11) is 0. The highest BCUT2D eigenvalue weighted by molar-refractivity contribution is 6.54. The van der Waals surface area contributed by atoms with Crippen LogP contribution in [0.5, 0.6) is 0 Å². The standard InChI is InChI=1S/C8H10Cl2O3/c1-8(2)3(4(8)7(12)13)5(11)6(9)10/h3-4,6H,1-2H3,(H,12,13). The number of carboxylic acids is 1. The molecule has 0 radical (unpaired) electrons. The number of Topliss-reactive ketones (excluding diaryl/α,β-unsaturated/α-hetero) is 1. The van der Waals surface area contributed by atoms with Crippen LogP contribution in [0.15, 0.2) is 0 Å². The maximum Gasteiger partial charge on any atom is 0.307 e. The summed E-state index contributed by atoms with van der Waals surface area (Å²) < 4.78 is 0. The van der Waals surface area contributed by atoms with E-state index in [1.165, 1.54) is 0 Å². The summed E-state index contributed by atoms with van der Waals surface area (Å²) in [6.45, 7) is 3.45. The lowest BCUT2D eigenvalue weighted by molar-refractivity contribution is -0.140. The molecule has 1 fully saturated rings. The van der Waals surface area contributed by atoms with Crippen molar-refractivity contribution in [2.24, 2.45) is 17.3 Å². The second kappa shape index (κ2) is 3.14. The second-order valence-electron chi connectivity index (χ2n) is 3.82. The van der Waals surface area contributed by atoms with Crippen LogP contribution in [-0.2, 0) is 9.59 Å². The molecule has 0 spiro atoms. The SMILES string of the molecule is CC1(C)C(C(=O)O)C1C(=O)C(Cl)Cl. The third kappa shape index (κ3) is 1.67. The Hall–Kier alpha value is -0.280. The monoisotopic (exact) mass is 224 g/mol. The van der Waals surface area contributed by atoms with Crippen LogP contribution in [-0.4, -0.2) is 21.7 Å². The number of carbonyl (C=O) groups excluding carboxylic acids is 1. The van der Waals surface area contributed by atoms with E-state index in [-0.39, 0.29) is 5.78 Å². The van der Waals surface area contributed by atoms with Crippen molar-refractivity contribution in [1.82, 2.24) is 0 Å². The van der Waals surface area contributed by atoms with Crippen molar-refractivity contribution in [2.75, 3.05) is 0 Å². The van der Waals surface area contributed by atoms with Gasteiger partial charge in [0.15, 0.2) is 10.6 Å². The fraction of sp³-hybridized carbons (Fsp3) is 0.750. The molecular weight excluding hydrogens is 215 g/mol. The lowest BCUT2D eigenvalue weighted by atomic mass is 10.1. The Labute approximate surface area is 86.0 Å². The second-order valence-corrected chi connectivity index (χ2v) is 4.91. The highest BCUT2D eigenvalue weighted by Gasteiger charge is 2.66. The van der Waals surface area contributed by atoms with Gasteiger partial charge in [0.05, 0.1) is 5.92 Å². The molecule has 1 N–H and O–H groups in total. The third-order valence-electron chi connectivity index (χ3n) is 2.62. The Bertz CT molecular complexity index is 260. The van der Waals surface area contributed by atoms with E-state index < -0.39 is 28.1 Å². The number of carbonyl (C=O) groups is 2. The first-order valence-corrected chi connectivity index (χ1v) is 4.72. The number of ketones is 1. The van der Waals surface area contributed by atoms with Crippen LogP contribution in [0.25, 0.3) is 0 Å². The number of halogens is 2. The van der Waals surface area contributed by atoms with Crippen LogP contribution in [0.3, 0.4) is 0 Å². The molecule has 0 amide bonds. The Morgan fingerprint density at radius 2 is 1.77 bits per heavy atom. The van der Waals surface area contributed by atoms with E-state index in [0.29, 0.717) is 0 Å². The summed E-state index contributed by atoms with van der Waals surface area (Å²) in [6.07, 6.45) is 0. The number of aliphatic carboxylic acids is 1. The highest BCUT2D eigenvalue weighted by atomic mass is 35.5. The predicted octanol–water partition coefficient (Wildman–Crippen LogP) is 1.72. The average Bonchev–Trinajstić information content (AvgIpc) is 2.51. The van der Waals surface area contributed by atoms with Gasteiger partial charge in [-0.15, -0.1) is 0 Å². The van der Waals surface area contributed by atoms with Gasteiger partial charge in [-0.2, -0.15) is 0 Å². The fourth-order valence-electron chi connectivity index (χ4n) is 1.77. The molecule has 0 aromatic carbocycles. The fourth-order valence-corrected chi connectivity index (χ4v) is 2.04. The highest BCUT2D eigenvalue weighted by Crippen LogP contribution is 2.59.